The van der Waals surface area contributed by atoms with Crippen LogP contribution in [0.3, 0.4) is 0 Å². The molecule has 2 heterocycles. The first kappa shape index (κ1) is 14.5. The molecule has 0 aromatic carbocycles. The summed E-state index contributed by atoms with van der Waals surface area (Å²) in [6, 6.07) is 1.27. The lowest BCUT2D eigenvalue weighted by Crippen LogP contribution is -2.57. The van der Waals surface area contributed by atoms with Crippen molar-refractivity contribution >= 4 is 0 Å². The predicted octanol–water partition coefficient (Wildman–Crippen LogP) is 2.11. The Morgan fingerprint density at radius 2 is 2.21 bits per heavy atom. The number of hydrogen-bond donors (Lipinski definition) is 1. The molecule has 2 unspecified atom stereocenters. The second-order valence-corrected chi connectivity index (χ2v) is 5.96. The van der Waals surface area contributed by atoms with Gasteiger partial charge in [-0.2, -0.15) is 5.10 Å². The maximum atomic E-state index is 4.38. The molecule has 19 heavy (non-hydrogen) atoms. The average molecular weight is 264 g/mol. The number of aryl methyl sites for hydroxylation is 1. The highest BCUT2D eigenvalue weighted by Gasteiger charge is 2.29. The number of hydrogen-bond acceptors (Lipinski definition) is 3. The van der Waals surface area contributed by atoms with Crippen molar-refractivity contribution in [3.8, 4) is 0 Å². The van der Waals surface area contributed by atoms with Gasteiger partial charge in [0, 0.05) is 50.0 Å². The van der Waals surface area contributed by atoms with E-state index in [-0.39, 0.29) is 0 Å². The first-order chi connectivity index (χ1) is 9.13. The molecule has 0 amide bonds. The summed E-state index contributed by atoms with van der Waals surface area (Å²) in [6.07, 6.45) is 5.40. The van der Waals surface area contributed by atoms with E-state index in [1.807, 2.05) is 10.9 Å². The van der Waals surface area contributed by atoms with Gasteiger partial charge in [0.25, 0.3) is 0 Å². The van der Waals surface area contributed by atoms with Crippen molar-refractivity contribution in [3.05, 3.63) is 18.0 Å². The van der Waals surface area contributed by atoms with Crippen LogP contribution in [0.4, 0.5) is 0 Å². The van der Waals surface area contributed by atoms with Crippen molar-refractivity contribution in [2.45, 2.75) is 59.3 Å². The molecule has 0 saturated carbocycles. The third kappa shape index (κ3) is 3.57. The molecule has 1 N–H and O–H groups in total. The van der Waals surface area contributed by atoms with E-state index >= 15 is 0 Å². The van der Waals surface area contributed by atoms with Crippen molar-refractivity contribution in [1.82, 2.24) is 20.0 Å². The van der Waals surface area contributed by atoms with Crippen molar-refractivity contribution in [3.63, 3.8) is 0 Å². The number of rotatable bonds is 5. The Labute approximate surface area is 117 Å². The highest BCUT2D eigenvalue weighted by molar-refractivity contribution is 5.05. The van der Waals surface area contributed by atoms with Gasteiger partial charge >= 0.3 is 0 Å². The van der Waals surface area contributed by atoms with Crippen LogP contribution in [0.2, 0.25) is 0 Å². The van der Waals surface area contributed by atoms with Crippen molar-refractivity contribution < 1.29 is 0 Å². The van der Waals surface area contributed by atoms with Crippen LogP contribution in [0.25, 0.3) is 0 Å². The topological polar surface area (TPSA) is 33.1 Å². The Morgan fingerprint density at radius 1 is 1.42 bits per heavy atom. The van der Waals surface area contributed by atoms with Crippen LogP contribution in [0, 0.1) is 5.92 Å². The Morgan fingerprint density at radius 3 is 2.79 bits per heavy atom. The van der Waals surface area contributed by atoms with E-state index < -0.39 is 0 Å². The fraction of sp³-hybridized carbons (Fsp3) is 0.800. The Balaban J connectivity index is 2.04. The van der Waals surface area contributed by atoms with Crippen LogP contribution in [-0.2, 0) is 13.1 Å². The van der Waals surface area contributed by atoms with Crippen molar-refractivity contribution in [2.24, 2.45) is 5.92 Å². The van der Waals surface area contributed by atoms with Gasteiger partial charge in [0.2, 0.25) is 0 Å². The van der Waals surface area contributed by atoms with Gasteiger partial charge in [-0.3, -0.25) is 9.58 Å². The Kier molecular flexibility index (Phi) is 4.99. The smallest absolute Gasteiger partial charge is 0.0534 e. The minimum absolute atomic E-state index is 0.632. The molecule has 1 aliphatic heterocycles. The standard InChI is InChI=1S/C15H28N4/c1-5-14-11-18(15(8-16-14)12(3)4)9-13-7-17-19(6-2)10-13/h7,10,12,14-16H,5-6,8-9,11H2,1-4H3. The minimum Gasteiger partial charge on any atom is -0.311 e. The normalized spacial score (nSPS) is 25.1. The Bertz CT molecular complexity index is 385. The molecule has 108 valence electrons. The first-order valence-corrected chi connectivity index (χ1v) is 7.62. The summed E-state index contributed by atoms with van der Waals surface area (Å²) in [7, 11) is 0. The number of nitrogens with one attached hydrogen (secondary N) is 1. The van der Waals surface area contributed by atoms with E-state index in [1.165, 1.54) is 12.0 Å². The lowest BCUT2D eigenvalue weighted by molar-refractivity contribution is 0.0900. The number of piperazine rings is 1. The summed E-state index contributed by atoms with van der Waals surface area (Å²) in [5.41, 5.74) is 1.34. The van der Waals surface area contributed by atoms with E-state index in [9.17, 15) is 0 Å². The first-order valence-electron chi connectivity index (χ1n) is 7.62. The molecule has 1 aromatic rings. The molecular weight excluding hydrogens is 236 g/mol. The Hall–Kier alpha value is -0.870. The van der Waals surface area contributed by atoms with Crippen LogP contribution in [0.5, 0.6) is 0 Å². The zero-order valence-electron chi connectivity index (χ0n) is 12.8. The third-order valence-electron chi connectivity index (χ3n) is 4.20. The van der Waals surface area contributed by atoms with E-state index in [0.717, 1.165) is 26.2 Å². The van der Waals surface area contributed by atoms with Gasteiger partial charge in [-0.1, -0.05) is 20.8 Å². The summed E-state index contributed by atoms with van der Waals surface area (Å²) in [4.78, 5) is 2.63. The van der Waals surface area contributed by atoms with Crippen LogP contribution < -0.4 is 5.32 Å². The van der Waals surface area contributed by atoms with Gasteiger partial charge in [0.15, 0.2) is 0 Å². The second-order valence-electron chi connectivity index (χ2n) is 5.96. The quantitative estimate of drug-likeness (QED) is 0.884. The van der Waals surface area contributed by atoms with Gasteiger partial charge in [-0.05, 0) is 19.3 Å². The van der Waals surface area contributed by atoms with Crippen molar-refractivity contribution in [2.75, 3.05) is 13.1 Å². The molecule has 4 heteroatoms. The van der Waals surface area contributed by atoms with E-state index in [4.69, 9.17) is 0 Å². The van der Waals surface area contributed by atoms with Crippen molar-refractivity contribution in [1.29, 1.82) is 0 Å². The molecule has 0 spiro atoms. The molecule has 0 aliphatic carbocycles. The van der Waals surface area contributed by atoms with Gasteiger partial charge in [-0.25, -0.2) is 0 Å². The SMILES string of the molecule is CCC1CN(Cc2cnn(CC)c2)C(C(C)C)CN1. The van der Waals surface area contributed by atoms with Gasteiger partial charge in [0.1, 0.15) is 0 Å². The van der Waals surface area contributed by atoms with Crippen LogP contribution in [-0.4, -0.2) is 39.9 Å². The largest absolute Gasteiger partial charge is 0.311 e. The van der Waals surface area contributed by atoms with Gasteiger partial charge < -0.3 is 5.32 Å². The molecule has 4 nitrogen and oxygen atoms in total. The second kappa shape index (κ2) is 6.53. The van der Waals surface area contributed by atoms with Gasteiger partial charge in [-0.15, -0.1) is 0 Å². The van der Waals surface area contributed by atoms with E-state index in [0.29, 0.717) is 18.0 Å². The lowest BCUT2D eigenvalue weighted by Gasteiger charge is -2.42. The number of aromatic nitrogens is 2. The maximum absolute atomic E-state index is 4.38. The van der Waals surface area contributed by atoms with E-state index in [2.05, 4.69) is 49.2 Å². The maximum Gasteiger partial charge on any atom is 0.0534 e. The highest BCUT2D eigenvalue weighted by Crippen LogP contribution is 2.19. The van der Waals surface area contributed by atoms with Crippen LogP contribution in [0.15, 0.2) is 12.4 Å². The molecule has 1 fully saturated rings. The molecule has 0 radical (unpaired) electrons. The summed E-state index contributed by atoms with van der Waals surface area (Å²) >= 11 is 0. The van der Waals surface area contributed by atoms with Crippen LogP contribution in [0.1, 0.15) is 39.7 Å². The fourth-order valence-electron chi connectivity index (χ4n) is 2.91. The average Bonchev–Trinajstić information content (AvgIpc) is 2.86. The molecule has 1 aromatic heterocycles. The lowest BCUT2D eigenvalue weighted by atomic mass is 9.97. The molecule has 1 aliphatic rings. The summed E-state index contributed by atoms with van der Waals surface area (Å²) in [5, 5.41) is 8.05. The molecular formula is C15H28N4. The zero-order valence-corrected chi connectivity index (χ0v) is 12.8. The zero-order chi connectivity index (χ0) is 13.8. The minimum atomic E-state index is 0.632. The van der Waals surface area contributed by atoms with Crippen LogP contribution >= 0.6 is 0 Å². The highest BCUT2D eigenvalue weighted by atomic mass is 15.3. The number of nitrogens with zero attached hydrogens (tertiary/aromatic N) is 3. The summed E-state index contributed by atoms with van der Waals surface area (Å²) in [5.74, 6) is 0.687. The summed E-state index contributed by atoms with van der Waals surface area (Å²) in [6.45, 7) is 13.3. The molecule has 2 rings (SSSR count). The molecule has 0 bridgehead atoms. The summed E-state index contributed by atoms with van der Waals surface area (Å²) < 4.78 is 2.01. The fourth-order valence-corrected chi connectivity index (χ4v) is 2.91. The molecule has 2 atom stereocenters. The van der Waals surface area contributed by atoms with Gasteiger partial charge in [0.05, 0.1) is 6.20 Å². The third-order valence-corrected chi connectivity index (χ3v) is 4.20. The van der Waals surface area contributed by atoms with E-state index in [1.54, 1.807) is 0 Å². The molecule has 1 saturated heterocycles. The monoisotopic (exact) mass is 264 g/mol. The predicted molar refractivity (Wildman–Crippen MR) is 79.0 cm³/mol.